The van der Waals surface area contributed by atoms with Gasteiger partial charge in [0, 0.05) is 18.8 Å². The monoisotopic (exact) mass is 556 g/mol. The van der Waals surface area contributed by atoms with Gasteiger partial charge in [0.25, 0.3) is 11.9 Å². The van der Waals surface area contributed by atoms with Gasteiger partial charge in [0.15, 0.2) is 0 Å². The van der Waals surface area contributed by atoms with E-state index in [2.05, 4.69) is 25.3 Å². The van der Waals surface area contributed by atoms with Gasteiger partial charge in [-0.15, -0.1) is 0 Å². The third kappa shape index (κ3) is 11.6. The molecule has 0 aliphatic rings. The number of esters is 1. The molecule has 0 spiro atoms. The molecule has 0 radical (unpaired) electrons. The van der Waals surface area contributed by atoms with E-state index in [-0.39, 0.29) is 24.5 Å². The number of carboxylic acid groups (broad SMARTS) is 1. The first-order chi connectivity index (χ1) is 19.1. The maximum Gasteiger partial charge on any atom is 0.551 e. The molecule has 2 amide bonds. The fourth-order valence-corrected chi connectivity index (χ4v) is 3.58. The van der Waals surface area contributed by atoms with Crippen LogP contribution in [0.4, 0.5) is 0 Å². The summed E-state index contributed by atoms with van der Waals surface area (Å²) in [6, 6.07) is 7.93. The van der Waals surface area contributed by atoms with Gasteiger partial charge < -0.3 is 29.8 Å². The van der Waals surface area contributed by atoms with Crippen molar-refractivity contribution < 1.29 is 43.1 Å². The van der Waals surface area contributed by atoms with Crippen LogP contribution in [0.15, 0.2) is 48.9 Å². The van der Waals surface area contributed by atoms with Gasteiger partial charge in [0.1, 0.15) is 18.3 Å². The summed E-state index contributed by atoms with van der Waals surface area (Å²) < 4.78 is 15.4. The third-order valence-electron chi connectivity index (χ3n) is 5.47. The summed E-state index contributed by atoms with van der Waals surface area (Å²) in [5.74, 6) is -5.06. The van der Waals surface area contributed by atoms with E-state index in [1.807, 2.05) is 19.9 Å². The molecule has 1 heterocycles. The number of nitrogens with zero attached hydrogens (tertiary/aromatic N) is 2. The summed E-state index contributed by atoms with van der Waals surface area (Å²) in [4.78, 5) is 69.3. The first-order valence-electron chi connectivity index (χ1n) is 12.6. The van der Waals surface area contributed by atoms with Crippen molar-refractivity contribution in [3.05, 3.63) is 60.2 Å². The minimum Gasteiger partial charge on any atom is -0.508 e. The topological polar surface area (TPSA) is 183 Å². The predicted molar refractivity (Wildman–Crippen MR) is 142 cm³/mol. The predicted octanol–water partition coefficient (Wildman–Crippen LogP) is 0.974. The zero-order chi connectivity index (χ0) is 29.5. The lowest BCUT2D eigenvalue weighted by Crippen LogP contribution is -2.57. The van der Waals surface area contributed by atoms with E-state index in [0.29, 0.717) is 0 Å². The molecule has 14 heteroatoms. The molecule has 0 aliphatic carbocycles. The fourth-order valence-electron chi connectivity index (χ4n) is 3.58. The molecule has 0 saturated carbocycles. The van der Waals surface area contributed by atoms with E-state index in [1.165, 1.54) is 18.6 Å². The number of rotatable bonds is 16. The first-order valence-corrected chi connectivity index (χ1v) is 12.6. The van der Waals surface area contributed by atoms with Crippen LogP contribution >= 0.6 is 0 Å². The maximum absolute atomic E-state index is 13.6. The summed E-state index contributed by atoms with van der Waals surface area (Å²) >= 11 is 0. The number of ether oxygens (including phenoxy) is 1. The highest BCUT2D eigenvalue weighted by Gasteiger charge is 2.38. The Morgan fingerprint density at radius 2 is 1.73 bits per heavy atom. The molecule has 1 aromatic carbocycles. The van der Waals surface area contributed by atoms with Crippen LogP contribution in [0.2, 0.25) is 0 Å². The minimum atomic E-state index is -1.44. The van der Waals surface area contributed by atoms with Gasteiger partial charge in [-0.25, -0.2) is 9.78 Å². The molecule has 214 valence electrons. The van der Waals surface area contributed by atoms with Crippen LogP contribution in [-0.2, 0) is 39.6 Å². The van der Waals surface area contributed by atoms with Crippen LogP contribution in [0.25, 0.3) is 0 Å². The van der Waals surface area contributed by atoms with Crippen LogP contribution < -0.4 is 10.6 Å². The molecular weight excluding hydrogens is 523 g/mol. The Hall–Kier alpha value is -4.33. The number of aromatic nitrogens is 2. The van der Waals surface area contributed by atoms with Crippen molar-refractivity contribution in [3.8, 4) is 0 Å². The Morgan fingerprint density at radius 1 is 1.00 bits per heavy atom. The van der Waals surface area contributed by atoms with Crippen LogP contribution in [0.3, 0.4) is 0 Å². The smallest absolute Gasteiger partial charge is 0.508 e. The second kappa shape index (κ2) is 16.6. The van der Waals surface area contributed by atoms with Gasteiger partial charge in [-0.3, -0.25) is 24.2 Å². The molecule has 13 nitrogen and oxygen atoms in total. The number of nitrogens with one attached hydrogen (secondary N) is 2. The van der Waals surface area contributed by atoms with Crippen molar-refractivity contribution >= 4 is 36.8 Å². The van der Waals surface area contributed by atoms with Gasteiger partial charge in [-0.2, -0.15) is 0 Å². The third-order valence-corrected chi connectivity index (χ3v) is 5.47. The molecule has 0 bridgehead atoms. The molecule has 0 aliphatic heterocycles. The Kier molecular flexibility index (Phi) is 13.2. The van der Waals surface area contributed by atoms with E-state index in [0.717, 1.165) is 12.7 Å². The number of carbonyl (C=O) groups is 5. The highest BCUT2D eigenvalue weighted by Crippen LogP contribution is 2.13. The number of benzene rings is 1. The number of aliphatic carboxylic acids is 1. The highest BCUT2D eigenvalue weighted by molar-refractivity contribution is 6.49. The van der Waals surface area contributed by atoms with Crippen molar-refractivity contribution in [2.75, 3.05) is 13.7 Å². The second-order valence-electron chi connectivity index (χ2n) is 9.19. The Balaban J connectivity index is 2.30. The Labute approximate surface area is 232 Å². The van der Waals surface area contributed by atoms with E-state index in [1.54, 1.807) is 24.3 Å². The van der Waals surface area contributed by atoms with E-state index < -0.39 is 68.3 Å². The molecule has 40 heavy (non-hydrogen) atoms. The van der Waals surface area contributed by atoms with Gasteiger partial charge in [0.05, 0.1) is 32.1 Å². The summed E-state index contributed by atoms with van der Waals surface area (Å²) in [5.41, 5.74) is 0.778. The molecule has 2 atom stereocenters. The summed E-state index contributed by atoms with van der Waals surface area (Å²) in [5, 5.41) is 14.3. The van der Waals surface area contributed by atoms with Gasteiger partial charge in [-0.05, 0) is 17.9 Å². The normalized spacial score (nSPS) is 12.1. The maximum atomic E-state index is 13.6. The molecule has 2 aromatic rings. The number of hydrogen-bond donors (Lipinski definition) is 3. The van der Waals surface area contributed by atoms with Crippen LogP contribution in [0.5, 0.6) is 0 Å². The zero-order valence-electron chi connectivity index (χ0n) is 22.6. The lowest BCUT2D eigenvalue weighted by Gasteiger charge is -2.27. The molecular formula is C26H33BN4O9. The fraction of sp³-hybridized carbons (Fsp3) is 0.423. The SMILES string of the molecule is COC(=O)COB(OC(=O)CCC(=O)O)[C@H](CC(C)C)NC(=O)[C@H](Cc1ccccc1)NC(=O)c1cnccn1. The van der Waals surface area contributed by atoms with Gasteiger partial charge in [-0.1, -0.05) is 44.2 Å². The Bertz CT molecular complexity index is 1140. The Morgan fingerprint density at radius 3 is 2.33 bits per heavy atom. The zero-order valence-corrected chi connectivity index (χ0v) is 22.6. The van der Waals surface area contributed by atoms with Crippen LogP contribution in [-0.4, -0.2) is 77.6 Å². The number of hydrogen-bond acceptors (Lipinski definition) is 10. The molecule has 1 aromatic heterocycles. The van der Waals surface area contributed by atoms with Crippen molar-refractivity contribution in [2.45, 2.75) is 51.5 Å². The average Bonchev–Trinajstić information content (AvgIpc) is 2.93. The standard InChI is InChI=1S/C26H33BN4O9/c1-17(2)13-21(27(39-16-24(35)38-3)40-23(34)10-9-22(32)33)31-25(36)19(14-18-7-5-4-6-8-18)30-26(37)20-15-28-11-12-29-20/h4-8,11-12,15,17,19,21H,9-10,13-14,16H2,1-3H3,(H,30,37)(H,31,36)(H,32,33)/t19-,21-/m0/s1. The lowest BCUT2D eigenvalue weighted by atomic mass is 9.73. The van der Waals surface area contributed by atoms with Gasteiger partial charge in [0.2, 0.25) is 5.91 Å². The quantitative estimate of drug-likeness (QED) is 0.198. The molecule has 0 saturated heterocycles. The van der Waals surface area contributed by atoms with Crippen molar-refractivity contribution in [1.82, 2.24) is 20.6 Å². The van der Waals surface area contributed by atoms with Gasteiger partial charge >= 0.3 is 19.1 Å². The summed E-state index contributed by atoms with van der Waals surface area (Å²) in [6.45, 7) is 3.13. The number of amides is 2. The van der Waals surface area contributed by atoms with Crippen molar-refractivity contribution in [3.63, 3.8) is 0 Å². The molecule has 0 unspecified atom stereocenters. The summed E-state index contributed by atoms with van der Waals surface area (Å²) in [6.07, 6.45) is 3.48. The lowest BCUT2D eigenvalue weighted by molar-refractivity contribution is -0.145. The molecule has 0 fully saturated rings. The number of carbonyl (C=O) groups excluding carboxylic acids is 4. The number of carboxylic acids is 1. The summed E-state index contributed by atoms with van der Waals surface area (Å²) in [7, 11) is -0.291. The first kappa shape index (κ1) is 31.9. The van der Waals surface area contributed by atoms with E-state index >= 15 is 0 Å². The largest absolute Gasteiger partial charge is 0.551 e. The molecule has 2 rings (SSSR count). The van der Waals surface area contributed by atoms with E-state index in [4.69, 9.17) is 14.4 Å². The minimum absolute atomic E-state index is 0.0127. The van der Waals surface area contributed by atoms with Crippen LogP contribution in [0, 0.1) is 5.92 Å². The molecule has 3 N–H and O–H groups in total. The van der Waals surface area contributed by atoms with E-state index in [9.17, 15) is 24.0 Å². The highest BCUT2D eigenvalue weighted by atomic mass is 16.6. The second-order valence-corrected chi connectivity index (χ2v) is 9.19. The van der Waals surface area contributed by atoms with Crippen molar-refractivity contribution in [1.29, 1.82) is 0 Å². The number of methoxy groups -OCH3 is 1. The van der Waals surface area contributed by atoms with Crippen molar-refractivity contribution in [2.24, 2.45) is 5.92 Å². The average molecular weight is 556 g/mol. The van der Waals surface area contributed by atoms with Crippen LogP contribution in [0.1, 0.15) is 49.2 Å².